The summed E-state index contributed by atoms with van der Waals surface area (Å²) in [5.74, 6) is -0.0142. The standard InChI is InChI=1S/C17H22N4O2.ClH/c1-13-16(18-10-12-23-13)17(22)19-9-7-14-8-11-21(20-14)15-5-3-2-4-6-15;/h2-6,8,11,13,16,18H,7,9-10,12H2,1H3,(H,19,22);1H/t13-,16+;/m1./s1. The normalized spacial score (nSPS) is 20.2. The molecule has 0 saturated carbocycles. The molecule has 1 aliphatic heterocycles. The largest absolute Gasteiger partial charge is 0.375 e. The van der Waals surface area contributed by atoms with Crippen LogP contribution in [0.3, 0.4) is 0 Å². The van der Waals surface area contributed by atoms with Gasteiger partial charge in [-0.25, -0.2) is 4.68 Å². The Hall–Kier alpha value is -1.89. The molecule has 1 amide bonds. The zero-order chi connectivity index (χ0) is 16.1. The van der Waals surface area contributed by atoms with Crippen LogP contribution < -0.4 is 10.6 Å². The molecule has 0 bridgehead atoms. The van der Waals surface area contributed by atoms with Crippen molar-refractivity contribution in [1.82, 2.24) is 20.4 Å². The van der Waals surface area contributed by atoms with Crippen LogP contribution in [0.5, 0.6) is 0 Å². The molecule has 7 heteroatoms. The van der Waals surface area contributed by atoms with E-state index < -0.39 is 0 Å². The number of halogens is 1. The summed E-state index contributed by atoms with van der Waals surface area (Å²) in [6.07, 6.45) is 2.54. The zero-order valence-electron chi connectivity index (χ0n) is 13.6. The molecule has 0 unspecified atom stereocenters. The third-order valence-corrected chi connectivity index (χ3v) is 3.94. The molecule has 1 saturated heterocycles. The van der Waals surface area contributed by atoms with Crippen molar-refractivity contribution in [1.29, 1.82) is 0 Å². The van der Waals surface area contributed by atoms with Crippen molar-refractivity contribution >= 4 is 18.3 Å². The van der Waals surface area contributed by atoms with Crippen molar-refractivity contribution in [3.8, 4) is 5.69 Å². The van der Waals surface area contributed by atoms with Crippen LogP contribution in [0.4, 0.5) is 0 Å². The molecule has 6 nitrogen and oxygen atoms in total. The summed E-state index contributed by atoms with van der Waals surface area (Å²) in [4.78, 5) is 12.1. The fourth-order valence-electron chi connectivity index (χ4n) is 2.67. The number of carbonyl (C=O) groups is 1. The molecule has 1 fully saturated rings. The van der Waals surface area contributed by atoms with E-state index in [1.54, 1.807) is 0 Å². The van der Waals surface area contributed by atoms with Gasteiger partial charge in [0, 0.05) is 25.7 Å². The number of hydrogen-bond donors (Lipinski definition) is 2. The van der Waals surface area contributed by atoms with E-state index in [-0.39, 0.29) is 30.5 Å². The molecular weight excluding hydrogens is 328 g/mol. The molecule has 3 rings (SSSR count). The number of carbonyl (C=O) groups excluding carboxylic acids is 1. The number of aromatic nitrogens is 2. The van der Waals surface area contributed by atoms with Gasteiger partial charge in [-0.05, 0) is 25.1 Å². The molecule has 1 aliphatic rings. The van der Waals surface area contributed by atoms with Gasteiger partial charge < -0.3 is 15.4 Å². The first-order chi connectivity index (χ1) is 11.2. The summed E-state index contributed by atoms with van der Waals surface area (Å²) in [5, 5.41) is 10.7. The van der Waals surface area contributed by atoms with E-state index in [0.717, 1.165) is 11.4 Å². The van der Waals surface area contributed by atoms with Gasteiger partial charge in [0.05, 0.1) is 24.1 Å². The third kappa shape index (κ3) is 4.56. The van der Waals surface area contributed by atoms with Crippen LogP contribution in [0.25, 0.3) is 5.69 Å². The SMILES string of the molecule is C[C@H]1OCCN[C@@H]1C(=O)NCCc1ccn(-c2ccccc2)n1.Cl. The summed E-state index contributed by atoms with van der Waals surface area (Å²) in [6, 6.07) is 11.7. The van der Waals surface area contributed by atoms with Crippen molar-refractivity contribution in [2.75, 3.05) is 19.7 Å². The summed E-state index contributed by atoms with van der Waals surface area (Å²) in [6.45, 7) is 3.85. The number of nitrogens with zero attached hydrogens (tertiary/aromatic N) is 2. The van der Waals surface area contributed by atoms with Gasteiger partial charge in [0.25, 0.3) is 0 Å². The lowest BCUT2D eigenvalue weighted by Crippen LogP contribution is -2.55. The fraction of sp³-hybridized carbons (Fsp3) is 0.412. The van der Waals surface area contributed by atoms with Crippen LogP contribution in [0.15, 0.2) is 42.6 Å². The Kier molecular flexibility index (Phi) is 6.78. The van der Waals surface area contributed by atoms with Crippen LogP contribution in [0.2, 0.25) is 0 Å². The summed E-state index contributed by atoms with van der Waals surface area (Å²) in [7, 11) is 0. The van der Waals surface area contributed by atoms with E-state index in [2.05, 4.69) is 15.7 Å². The number of hydrogen-bond acceptors (Lipinski definition) is 4. The molecule has 24 heavy (non-hydrogen) atoms. The average Bonchev–Trinajstić information content (AvgIpc) is 3.05. The molecule has 1 aromatic carbocycles. The summed E-state index contributed by atoms with van der Waals surface area (Å²) < 4.78 is 7.33. The molecule has 1 aromatic heterocycles. The van der Waals surface area contributed by atoms with Crippen molar-refractivity contribution in [3.63, 3.8) is 0 Å². The van der Waals surface area contributed by atoms with E-state index in [0.29, 0.717) is 26.1 Å². The number of ether oxygens (including phenoxy) is 1. The lowest BCUT2D eigenvalue weighted by Gasteiger charge is -2.29. The molecule has 2 atom stereocenters. The first-order valence-corrected chi connectivity index (χ1v) is 7.97. The van der Waals surface area contributed by atoms with Crippen LogP contribution in [-0.2, 0) is 16.0 Å². The molecule has 2 heterocycles. The predicted octanol–water partition coefficient (Wildman–Crippen LogP) is 1.33. The Bertz CT molecular complexity index is 647. The number of morpholine rings is 1. The van der Waals surface area contributed by atoms with E-state index in [1.165, 1.54) is 0 Å². The van der Waals surface area contributed by atoms with Gasteiger partial charge in [0.2, 0.25) is 5.91 Å². The number of benzene rings is 1. The number of para-hydroxylation sites is 1. The molecule has 0 spiro atoms. The van der Waals surface area contributed by atoms with E-state index in [9.17, 15) is 4.79 Å². The van der Waals surface area contributed by atoms with Crippen LogP contribution in [-0.4, -0.2) is 47.5 Å². The molecule has 130 valence electrons. The second kappa shape index (κ2) is 8.82. The molecule has 2 N–H and O–H groups in total. The fourth-order valence-corrected chi connectivity index (χ4v) is 2.67. The van der Waals surface area contributed by atoms with E-state index in [4.69, 9.17) is 4.74 Å². The maximum atomic E-state index is 12.1. The van der Waals surface area contributed by atoms with E-state index in [1.807, 2.05) is 54.2 Å². The Morgan fingerprint density at radius 2 is 2.17 bits per heavy atom. The summed E-state index contributed by atoms with van der Waals surface area (Å²) >= 11 is 0. The second-order valence-corrected chi connectivity index (χ2v) is 5.64. The van der Waals surface area contributed by atoms with Crippen LogP contribution >= 0.6 is 12.4 Å². The Balaban J connectivity index is 0.00000208. The Morgan fingerprint density at radius 1 is 1.38 bits per heavy atom. The third-order valence-electron chi connectivity index (χ3n) is 3.94. The second-order valence-electron chi connectivity index (χ2n) is 5.64. The molecule has 0 radical (unpaired) electrons. The smallest absolute Gasteiger partial charge is 0.239 e. The van der Waals surface area contributed by atoms with Gasteiger partial charge in [-0.1, -0.05) is 18.2 Å². The van der Waals surface area contributed by atoms with Gasteiger partial charge in [-0.15, -0.1) is 12.4 Å². The zero-order valence-corrected chi connectivity index (χ0v) is 14.5. The predicted molar refractivity (Wildman–Crippen MR) is 94.7 cm³/mol. The minimum absolute atomic E-state index is 0. The number of amides is 1. The topological polar surface area (TPSA) is 68.2 Å². The van der Waals surface area contributed by atoms with Crippen molar-refractivity contribution in [2.45, 2.75) is 25.5 Å². The maximum absolute atomic E-state index is 12.1. The van der Waals surface area contributed by atoms with E-state index >= 15 is 0 Å². The van der Waals surface area contributed by atoms with Gasteiger partial charge in [-0.3, -0.25) is 4.79 Å². The number of nitrogens with one attached hydrogen (secondary N) is 2. The monoisotopic (exact) mass is 350 g/mol. The van der Waals surface area contributed by atoms with Gasteiger partial charge in [0.1, 0.15) is 6.04 Å². The van der Waals surface area contributed by atoms with Crippen LogP contribution in [0, 0.1) is 0 Å². The first-order valence-electron chi connectivity index (χ1n) is 7.97. The Morgan fingerprint density at radius 3 is 2.92 bits per heavy atom. The quantitative estimate of drug-likeness (QED) is 0.853. The van der Waals surface area contributed by atoms with Crippen molar-refractivity contribution in [2.24, 2.45) is 0 Å². The van der Waals surface area contributed by atoms with Crippen molar-refractivity contribution in [3.05, 3.63) is 48.3 Å². The minimum atomic E-state index is -0.273. The molecule has 2 aromatic rings. The maximum Gasteiger partial charge on any atom is 0.239 e. The molecule has 0 aliphatic carbocycles. The highest BCUT2D eigenvalue weighted by Gasteiger charge is 2.27. The van der Waals surface area contributed by atoms with Gasteiger partial charge in [0.15, 0.2) is 0 Å². The lowest BCUT2D eigenvalue weighted by atomic mass is 10.1. The lowest BCUT2D eigenvalue weighted by molar-refractivity contribution is -0.128. The van der Waals surface area contributed by atoms with Gasteiger partial charge >= 0.3 is 0 Å². The highest BCUT2D eigenvalue weighted by atomic mass is 35.5. The molecular formula is C17H23ClN4O2. The number of rotatable bonds is 5. The van der Waals surface area contributed by atoms with Crippen LogP contribution in [0.1, 0.15) is 12.6 Å². The summed E-state index contributed by atoms with van der Waals surface area (Å²) in [5.41, 5.74) is 1.98. The highest BCUT2D eigenvalue weighted by molar-refractivity contribution is 5.85. The average molecular weight is 351 g/mol. The van der Waals surface area contributed by atoms with Gasteiger partial charge in [-0.2, -0.15) is 5.10 Å². The Labute approximate surface area is 148 Å². The van der Waals surface area contributed by atoms with Crippen molar-refractivity contribution < 1.29 is 9.53 Å². The minimum Gasteiger partial charge on any atom is -0.375 e. The first kappa shape index (κ1) is 18.4. The highest BCUT2D eigenvalue weighted by Crippen LogP contribution is 2.07.